The van der Waals surface area contributed by atoms with E-state index in [0.717, 1.165) is 6.20 Å². The lowest BCUT2D eigenvalue weighted by molar-refractivity contribution is -0.141. The summed E-state index contributed by atoms with van der Waals surface area (Å²) >= 11 is 0. The number of carboxylic acid groups (broad SMARTS) is 1. The highest BCUT2D eigenvalue weighted by Crippen LogP contribution is 2.44. The minimum Gasteiger partial charge on any atom is -0.480 e. The van der Waals surface area contributed by atoms with Gasteiger partial charge in [-0.15, -0.1) is 0 Å². The van der Waals surface area contributed by atoms with Gasteiger partial charge in [0.1, 0.15) is 17.0 Å². The van der Waals surface area contributed by atoms with E-state index >= 15 is 0 Å². The van der Waals surface area contributed by atoms with E-state index in [1.165, 1.54) is 12.3 Å². The van der Waals surface area contributed by atoms with Gasteiger partial charge in [-0.3, -0.25) is 9.78 Å². The number of hydrogen-bond donors (Lipinski definition) is 1. The quantitative estimate of drug-likeness (QED) is 0.919. The van der Waals surface area contributed by atoms with Crippen molar-refractivity contribution in [2.24, 2.45) is 0 Å². The van der Waals surface area contributed by atoms with Crippen LogP contribution in [0.4, 0.5) is 8.78 Å². The topological polar surface area (TPSA) is 50.2 Å². The number of aryl methyl sites for hydroxylation is 1. The highest BCUT2D eigenvalue weighted by Gasteiger charge is 2.43. The molecule has 24 heavy (non-hydrogen) atoms. The van der Waals surface area contributed by atoms with E-state index in [4.69, 9.17) is 0 Å². The third-order valence-corrected chi connectivity index (χ3v) is 4.73. The first-order valence-electron chi connectivity index (χ1n) is 7.67. The van der Waals surface area contributed by atoms with Gasteiger partial charge in [-0.2, -0.15) is 0 Å². The molecule has 1 aromatic heterocycles. The number of pyridine rings is 1. The van der Waals surface area contributed by atoms with Crippen LogP contribution in [-0.2, 0) is 10.2 Å². The number of halogens is 2. The SMILES string of the molecule is Cc1ccc(C2(C(=O)O)C=C(c3cncc(F)c3)CC2)c(C)c1F. The second-order valence-corrected chi connectivity index (χ2v) is 6.21. The van der Waals surface area contributed by atoms with Crippen molar-refractivity contribution in [2.75, 3.05) is 0 Å². The number of nitrogens with zero attached hydrogens (tertiary/aromatic N) is 1. The van der Waals surface area contributed by atoms with E-state index in [2.05, 4.69) is 4.98 Å². The van der Waals surface area contributed by atoms with Gasteiger partial charge < -0.3 is 5.11 Å². The average Bonchev–Trinajstić information content (AvgIpc) is 2.99. The van der Waals surface area contributed by atoms with Crippen LogP contribution in [0, 0.1) is 25.5 Å². The molecule has 0 spiro atoms. The zero-order chi connectivity index (χ0) is 17.5. The van der Waals surface area contributed by atoms with E-state index in [1.807, 2.05) is 0 Å². The zero-order valence-corrected chi connectivity index (χ0v) is 13.4. The molecule has 5 heteroatoms. The molecule has 1 atom stereocenters. The Kier molecular flexibility index (Phi) is 3.95. The minimum absolute atomic E-state index is 0.303. The molecule has 1 heterocycles. The summed E-state index contributed by atoms with van der Waals surface area (Å²) in [6.45, 7) is 3.24. The molecule has 3 nitrogen and oxygen atoms in total. The molecule has 0 amide bonds. The fraction of sp³-hybridized carbons (Fsp3) is 0.263. The number of carbonyl (C=O) groups is 1. The molecule has 124 valence electrons. The van der Waals surface area contributed by atoms with Crippen LogP contribution in [0.2, 0.25) is 0 Å². The largest absolute Gasteiger partial charge is 0.480 e. The molecule has 0 saturated heterocycles. The van der Waals surface area contributed by atoms with E-state index in [1.54, 1.807) is 32.1 Å². The summed E-state index contributed by atoms with van der Waals surface area (Å²) in [5, 5.41) is 9.86. The van der Waals surface area contributed by atoms with Gasteiger partial charge in [0, 0.05) is 6.20 Å². The molecule has 0 bridgehead atoms. The summed E-state index contributed by atoms with van der Waals surface area (Å²) in [4.78, 5) is 15.9. The van der Waals surface area contributed by atoms with Gasteiger partial charge in [0.15, 0.2) is 0 Å². The van der Waals surface area contributed by atoms with Crippen LogP contribution in [0.25, 0.3) is 5.57 Å². The Morgan fingerprint density at radius 1 is 1.25 bits per heavy atom. The fourth-order valence-electron chi connectivity index (χ4n) is 3.39. The van der Waals surface area contributed by atoms with E-state index in [9.17, 15) is 18.7 Å². The molecule has 2 aromatic rings. The van der Waals surface area contributed by atoms with E-state index in [-0.39, 0.29) is 5.82 Å². The second-order valence-electron chi connectivity index (χ2n) is 6.21. The van der Waals surface area contributed by atoms with Gasteiger partial charge >= 0.3 is 5.97 Å². The number of aromatic nitrogens is 1. The third-order valence-electron chi connectivity index (χ3n) is 4.73. The van der Waals surface area contributed by atoms with Crippen molar-refractivity contribution >= 4 is 11.5 Å². The Balaban J connectivity index is 2.15. The van der Waals surface area contributed by atoms with Crippen LogP contribution >= 0.6 is 0 Å². The predicted octanol–water partition coefficient (Wildman–Crippen LogP) is 4.18. The number of hydrogen-bond acceptors (Lipinski definition) is 2. The molecule has 0 fully saturated rings. The first-order valence-corrected chi connectivity index (χ1v) is 7.67. The zero-order valence-electron chi connectivity index (χ0n) is 13.4. The Hall–Kier alpha value is -2.56. The van der Waals surface area contributed by atoms with Crippen molar-refractivity contribution in [3.63, 3.8) is 0 Å². The summed E-state index contributed by atoms with van der Waals surface area (Å²) < 4.78 is 27.7. The van der Waals surface area contributed by atoms with Crippen LogP contribution < -0.4 is 0 Å². The number of rotatable bonds is 3. The van der Waals surface area contributed by atoms with Gasteiger partial charge in [0.05, 0.1) is 6.20 Å². The Labute approximate surface area is 138 Å². The summed E-state index contributed by atoms with van der Waals surface area (Å²) in [5.41, 5.74) is 1.23. The fourth-order valence-corrected chi connectivity index (χ4v) is 3.39. The monoisotopic (exact) mass is 329 g/mol. The predicted molar refractivity (Wildman–Crippen MR) is 86.6 cm³/mol. The molecular formula is C19H17F2NO2. The lowest BCUT2D eigenvalue weighted by atomic mass is 9.77. The van der Waals surface area contributed by atoms with Crippen LogP contribution in [0.1, 0.15) is 35.1 Å². The van der Waals surface area contributed by atoms with Gasteiger partial charge in [0.2, 0.25) is 0 Å². The van der Waals surface area contributed by atoms with Crippen LogP contribution in [-0.4, -0.2) is 16.1 Å². The van der Waals surface area contributed by atoms with Crippen molar-refractivity contribution in [1.82, 2.24) is 4.98 Å². The molecule has 0 saturated carbocycles. The van der Waals surface area contributed by atoms with Crippen molar-refractivity contribution in [3.05, 3.63) is 70.6 Å². The third kappa shape index (κ3) is 2.50. The van der Waals surface area contributed by atoms with Gasteiger partial charge in [-0.05, 0) is 60.6 Å². The molecule has 0 radical (unpaired) electrons. The first kappa shape index (κ1) is 16.3. The van der Waals surface area contributed by atoms with Crippen LogP contribution in [0.3, 0.4) is 0 Å². The summed E-state index contributed by atoms with van der Waals surface area (Å²) in [5.74, 6) is -1.89. The summed E-state index contributed by atoms with van der Waals surface area (Å²) in [6.07, 6.45) is 4.99. The summed E-state index contributed by atoms with van der Waals surface area (Å²) in [6, 6.07) is 4.60. The second kappa shape index (κ2) is 5.82. The smallest absolute Gasteiger partial charge is 0.318 e. The van der Waals surface area contributed by atoms with Gasteiger partial charge in [0.25, 0.3) is 0 Å². The number of benzene rings is 1. The molecule has 0 aliphatic heterocycles. The standard InChI is InChI=1S/C19H17F2NO2/c1-11-3-4-16(12(2)17(11)21)19(18(23)24)6-5-13(8-19)14-7-15(20)10-22-9-14/h3-4,7-10H,5-6H2,1-2H3,(H,23,24). The highest BCUT2D eigenvalue weighted by molar-refractivity contribution is 5.90. The number of allylic oxidation sites excluding steroid dienone is 1. The van der Waals surface area contributed by atoms with Crippen molar-refractivity contribution in [3.8, 4) is 0 Å². The maximum Gasteiger partial charge on any atom is 0.318 e. The molecule has 1 aliphatic carbocycles. The minimum atomic E-state index is -1.31. The van der Waals surface area contributed by atoms with Crippen LogP contribution in [0.15, 0.2) is 36.7 Å². The average molecular weight is 329 g/mol. The first-order chi connectivity index (χ1) is 11.3. The lowest BCUT2D eigenvalue weighted by Crippen LogP contribution is -2.32. The highest BCUT2D eigenvalue weighted by atomic mass is 19.1. The molecule has 1 N–H and O–H groups in total. The maximum atomic E-state index is 14.3. The van der Waals surface area contributed by atoms with Crippen molar-refractivity contribution in [1.29, 1.82) is 0 Å². The van der Waals surface area contributed by atoms with Gasteiger partial charge in [-0.1, -0.05) is 18.2 Å². The summed E-state index contributed by atoms with van der Waals surface area (Å²) in [7, 11) is 0. The Morgan fingerprint density at radius 3 is 2.67 bits per heavy atom. The van der Waals surface area contributed by atoms with Crippen molar-refractivity contribution < 1.29 is 18.7 Å². The number of aliphatic carboxylic acids is 1. The molecule has 1 aromatic carbocycles. The Morgan fingerprint density at radius 2 is 2.00 bits per heavy atom. The van der Waals surface area contributed by atoms with E-state index in [0.29, 0.717) is 40.7 Å². The molecule has 3 rings (SSSR count). The number of carboxylic acids is 1. The van der Waals surface area contributed by atoms with Crippen LogP contribution in [0.5, 0.6) is 0 Å². The maximum absolute atomic E-state index is 14.3. The van der Waals surface area contributed by atoms with Crippen molar-refractivity contribution in [2.45, 2.75) is 32.1 Å². The van der Waals surface area contributed by atoms with Gasteiger partial charge in [-0.25, -0.2) is 8.78 Å². The lowest BCUT2D eigenvalue weighted by Gasteiger charge is -2.25. The molecular weight excluding hydrogens is 312 g/mol. The molecule has 1 aliphatic rings. The van der Waals surface area contributed by atoms with E-state index < -0.39 is 17.2 Å². The Bertz CT molecular complexity index is 860. The normalized spacial score (nSPS) is 20.1. The molecule has 1 unspecified atom stereocenters.